The number of rotatable bonds is 8. The zero-order chi connectivity index (χ0) is 23.1. The third-order valence-electron chi connectivity index (χ3n) is 6.00. The van der Waals surface area contributed by atoms with Crippen LogP contribution >= 0.6 is 23.5 Å². The second-order valence-corrected chi connectivity index (χ2v) is 10.4. The molecule has 174 valence electrons. The molecule has 3 aliphatic heterocycles. The number of β-lactam (4-membered cyclic amide) rings is 1. The summed E-state index contributed by atoms with van der Waals surface area (Å²) in [5.41, 5.74) is 0.943. The topological polar surface area (TPSA) is 149 Å². The van der Waals surface area contributed by atoms with Crippen LogP contribution in [-0.2, 0) is 19.2 Å². The van der Waals surface area contributed by atoms with Crippen LogP contribution in [-0.4, -0.2) is 90.0 Å². The number of fused-ring (bicyclic) bond motifs is 1. The number of H-pyrrole nitrogens is 1. The minimum Gasteiger partial charge on any atom is -0.477 e. The van der Waals surface area contributed by atoms with E-state index in [2.05, 4.69) is 20.7 Å². The molecule has 0 radical (unpaired) electrons. The number of amides is 3. The number of hydrogen-bond donors (Lipinski definition) is 3. The predicted molar refractivity (Wildman–Crippen MR) is 119 cm³/mol. The molecule has 2 atom stereocenters. The second kappa shape index (κ2) is 8.86. The molecule has 4 aliphatic rings. The van der Waals surface area contributed by atoms with Gasteiger partial charge in [-0.1, -0.05) is 11.8 Å². The van der Waals surface area contributed by atoms with Crippen molar-refractivity contribution in [1.82, 2.24) is 30.5 Å². The van der Waals surface area contributed by atoms with Crippen molar-refractivity contribution in [3.05, 3.63) is 29.1 Å². The summed E-state index contributed by atoms with van der Waals surface area (Å²) >= 11 is 2.56. The molecule has 1 aliphatic carbocycles. The van der Waals surface area contributed by atoms with E-state index in [9.17, 15) is 24.3 Å². The third kappa shape index (κ3) is 4.38. The van der Waals surface area contributed by atoms with Gasteiger partial charge in [0.05, 0.1) is 11.9 Å². The monoisotopic (exact) mass is 490 g/mol. The third-order valence-corrected chi connectivity index (χ3v) is 8.20. The van der Waals surface area contributed by atoms with Gasteiger partial charge in [-0.3, -0.25) is 19.3 Å². The molecule has 0 bridgehead atoms. The largest absolute Gasteiger partial charge is 0.477 e. The van der Waals surface area contributed by atoms with E-state index in [0.717, 1.165) is 19.4 Å². The molecule has 1 aromatic heterocycles. The molecule has 0 aromatic carbocycles. The van der Waals surface area contributed by atoms with Crippen LogP contribution in [0.3, 0.4) is 0 Å². The first kappa shape index (κ1) is 22.0. The Labute approximate surface area is 197 Å². The van der Waals surface area contributed by atoms with Gasteiger partial charge < -0.3 is 15.3 Å². The highest BCUT2D eigenvalue weighted by atomic mass is 32.2. The molecule has 3 amide bonds. The Morgan fingerprint density at radius 1 is 1.36 bits per heavy atom. The molecule has 3 fully saturated rings. The van der Waals surface area contributed by atoms with Gasteiger partial charge in [0.15, 0.2) is 0 Å². The fourth-order valence-electron chi connectivity index (χ4n) is 4.17. The summed E-state index contributed by atoms with van der Waals surface area (Å²) in [5, 5.41) is 22.6. The maximum Gasteiger partial charge on any atom is 0.352 e. The number of carboxylic acids is 1. The van der Waals surface area contributed by atoms with E-state index in [1.165, 1.54) is 34.6 Å². The molecule has 3 N–H and O–H groups in total. The normalized spacial score (nSPS) is 26.0. The molecule has 11 nitrogen and oxygen atoms in total. The summed E-state index contributed by atoms with van der Waals surface area (Å²) in [6.45, 7) is 1.41. The van der Waals surface area contributed by atoms with Crippen molar-refractivity contribution in [2.75, 3.05) is 24.6 Å². The lowest BCUT2D eigenvalue weighted by molar-refractivity contribution is -0.150. The highest BCUT2D eigenvalue weighted by molar-refractivity contribution is 8.00. The van der Waals surface area contributed by atoms with Crippen LogP contribution in [0.5, 0.6) is 0 Å². The number of carbonyl (C=O) groups excluding carboxylic acids is 3. The number of allylic oxidation sites excluding steroid dienone is 1. The fraction of sp³-hybridized carbons (Fsp3) is 0.500. The van der Waals surface area contributed by atoms with Gasteiger partial charge in [-0.25, -0.2) is 4.79 Å². The number of thioether (sulfide) groups is 2. The van der Waals surface area contributed by atoms with E-state index in [-0.39, 0.29) is 23.3 Å². The highest BCUT2D eigenvalue weighted by Crippen LogP contribution is 2.41. The van der Waals surface area contributed by atoms with E-state index < -0.39 is 23.3 Å². The molecule has 1 saturated carbocycles. The van der Waals surface area contributed by atoms with Crippen LogP contribution in [0.2, 0.25) is 0 Å². The molecule has 13 heteroatoms. The van der Waals surface area contributed by atoms with Crippen LogP contribution in [0.4, 0.5) is 0 Å². The minimum atomic E-state index is -1.22. The van der Waals surface area contributed by atoms with E-state index in [0.29, 0.717) is 40.8 Å². The minimum absolute atomic E-state index is 0.0454. The van der Waals surface area contributed by atoms with Gasteiger partial charge in [-0.05, 0) is 36.8 Å². The Kier molecular flexibility index (Phi) is 5.91. The molecule has 1 aromatic rings. The predicted octanol–water partition coefficient (Wildman–Crippen LogP) is 0.204. The summed E-state index contributed by atoms with van der Waals surface area (Å²) in [6.07, 6.45) is 6.03. The number of carboxylic acid groups (broad SMARTS) is 1. The van der Waals surface area contributed by atoms with Gasteiger partial charge in [0.1, 0.15) is 22.1 Å². The molecule has 0 spiro atoms. The number of likely N-dealkylation sites (tertiary alicyclic amines) is 1. The molecule has 5 rings (SSSR count). The number of aliphatic carboxylic acids is 1. The average molecular weight is 491 g/mol. The highest BCUT2D eigenvalue weighted by Gasteiger charge is 2.54. The molecular formula is C20H22N6O5S2. The van der Waals surface area contributed by atoms with Gasteiger partial charge in [0, 0.05) is 24.4 Å². The Bertz CT molecular complexity index is 1070. The first-order chi connectivity index (χ1) is 15.9. The average Bonchev–Trinajstić information content (AvgIpc) is 3.34. The Hall–Kier alpha value is -2.80. The lowest BCUT2D eigenvalue weighted by Gasteiger charge is -2.49. The van der Waals surface area contributed by atoms with Gasteiger partial charge in [0.25, 0.3) is 5.91 Å². The van der Waals surface area contributed by atoms with Crippen LogP contribution in [0.15, 0.2) is 34.1 Å². The summed E-state index contributed by atoms with van der Waals surface area (Å²) in [5.74, 6) is -1.07. The van der Waals surface area contributed by atoms with Crippen molar-refractivity contribution in [2.45, 2.75) is 35.7 Å². The van der Waals surface area contributed by atoms with E-state index in [4.69, 9.17) is 0 Å². The maximum atomic E-state index is 12.8. The summed E-state index contributed by atoms with van der Waals surface area (Å²) < 4.78 is 0. The Balaban J connectivity index is 1.26. The first-order valence-corrected chi connectivity index (χ1v) is 12.6. The smallest absolute Gasteiger partial charge is 0.352 e. The number of aromatic nitrogens is 3. The summed E-state index contributed by atoms with van der Waals surface area (Å²) in [6, 6.07) is -0.786. The Morgan fingerprint density at radius 3 is 2.88 bits per heavy atom. The van der Waals surface area contributed by atoms with Gasteiger partial charge in [-0.2, -0.15) is 10.3 Å². The van der Waals surface area contributed by atoms with Crippen LogP contribution in [0.1, 0.15) is 19.3 Å². The Morgan fingerprint density at radius 2 is 2.18 bits per heavy atom. The number of hydrogen-bond acceptors (Lipinski definition) is 8. The zero-order valence-electron chi connectivity index (χ0n) is 17.5. The fourth-order valence-corrected chi connectivity index (χ4v) is 6.07. The van der Waals surface area contributed by atoms with Gasteiger partial charge in [-0.15, -0.1) is 16.9 Å². The van der Waals surface area contributed by atoms with Crippen molar-refractivity contribution in [1.29, 1.82) is 0 Å². The van der Waals surface area contributed by atoms with Crippen molar-refractivity contribution in [3.8, 4) is 0 Å². The zero-order valence-corrected chi connectivity index (χ0v) is 19.2. The second-order valence-electron chi connectivity index (χ2n) is 8.35. The molecule has 33 heavy (non-hydrogen) atoms. The lowest BCUT2D eigenvalue weighted by atomic mass is 10.0. The van der Waals surface area contributed by atoms with E-state index in [1.807, 2.05) is 4.90 Å². The first-order valence-electron chi connectivity index (χ1n) is 10.6. The maximum absolute atomic E-state index is 12.8. The van der Waals surface area contributed by atoms with Crippen LogP contribution in [0, 0.1) is 5.92 Å². The van der Waals surface area contributed by atoms with E-state index in [1.54, 1.807) is 6.08 Å². The number of aromatic amines is 1. The SMILES string of the molecule is O=C(CSc1cn[nH]n1)N[C@@H]1C(=O)N2C(C(=O)O)=C(/C=C3\CCN(CC4CC4)C3=O)CS[C@H]12. The summed E-state index contributed by atoms with van der Waals surface area (Å²) in [4.78, 5) is 52.8. The molecule has 0 unspecified atom stereocenters. The van der Waals surface area contributed by atoms with Crippen molar-refractivity contribution in [3.63, 3.8) is 0 Å². The number of nitrogens with one attached hydrogen (secondary N) is 2. The van der Waals surface area contributed by atoms with Crippen LogP contribution in [0.25, 0.3) is 0 Å². The quantitative estimate of drug-likeness (QED) is 0.264. The summed E-state index contributed by atoms with van der Waals surface area (Å²) in [7, 11) is 0. The molecular weight excluding hydrogens is 468 g/mol. The molecule has 2 saturated heterocycles. The standard InChI is InChI=1S/C20H22N6O5S2/c27-13(9-32-14-6-21-24-23-14)22-15-18(29)26-16(20(30)31)12(8-33-19(15)26)5-11-3-4-25(17(11)28)7-10-1-2-10/h5-6,10,15,19H,1-4,7-9H2,(H,22,27)(H,30,31)(H,21,23,24)/b11-5+/t15-,19-/m1/s1. The van der Waals surface area contributed by atoms with Crippen LogP contribution < -0.4 is 5.32 Å². The van der Waals surface area contributed by atoms with Crippen molar-refractivity contribution in [2.24, 2.45) is 5.92 Å². The van der Waals surface area contributed by atoms with Gasteiger partial charge in [0.2, 0.25) is 11.8 Å². The van der Waals surface area contributed by atoms with E-state index >= 15 is 0 Å². The van der Waals surface area contributed by atoms with Crippen molar-refractivity contribution >= 4 is 47.2 Å². The number of nitrogens with zero attached hydrogens (tertiary/aromatic N) is 4. The lowest BCUT2D eigenvalue weighted by Crippen LogP contribution is -2.70. The van der Waals surface area contributed by atoms with Crippen molar-refractivity contribution < 1.29 is 24.3 Å². The molecule has 4 heterocycles. The van der Waals surface area contributed by atoms with Gasteiger partial charge >= 0.3 is 5.97 Å². The number of carbonyl (C=O) groups is 4.